The van der Waals surface area contributed by atoms with Crippen molar-refractivity contribution in [3.05, 3.63) is 11.9 Å². The van der Waals surface area contributed by atoms with E-state index in [1.165, 1.54) is 0 Å². The molecule has 0 fully saturated rings. The largest absolute Gasteiger partial charge is 0.387 e. The lowest BCUT2D eigenvalue weighted by Gasteiger charge is -2.07. The molecule has 0 amide bonds. The first-order chi connectivity index (χ1) is 5.25. The Morgan fingerprint density at radius 1 is 1.82 bits per heavy atom. The van der Waals surface area contributed by atoms with Crippen LogP contribution in [0.15, 0.2) is 6.20 Å². The number of aliphatic hydroxyl groups is 1. The van der Waals surface area contributed by atoms with Crippen molar-refractivity contribution in [2.45, 2.75) is 12.5 Å². The van der Waals surface area contributed by atoms with Crippen molar-refractivity contribution in [1.82, 2.24) is 15.0 Å². The molecule has 0 bridgehead atoms. The highest BCUT2D eigenvalue weighted by Gasteiger charge is 2.10. The van der Waals surface area contributed by atoms with E-state index in [1.807, 2.05) is 0 Å². The van der Waals surface area contributed by atoms with Gasteiger partial charge in [0.15, 0.2) is 0 Å². The number of hydrogen-bond acceptors (Lipinski definition) is 4. The fourth-order valence-electron chi connectivity index (χ4n) is 0.905. The number of rotatable bonds is 3. The molecular formula is C6H12N4O. The summed E-state index contributed by atoms with van der Waals surface area (Å²) < 4.78 is 1.54. The Kier molecular flexibility index (Phi) is 2.56. The Hall–Kier alpha value is -0.940. The van der Waals surface area contributed by atoms with Crippen LogP contribution in [0.25, 0.3) is 0 Å². The zero-order chi connectivity index (χ0) is 8.27. The van der Waals surface area contributed by atoms with E-state index in [0.717, 1.165) is 0 Å². The molecule has 0 aliphatic carbocycles. The summed E-state index contributed by atoms with van der Waals surface area (Å²) in [5.41, 5.74) is 5.98. The SMILES string of the molecule is Cn1nncc1[C@@H](O)CCN. The van der Waals surface area contributed by atoms with Gasteiger partial charge in [-0.2, -0.15) is 0 Å². The third kappa shape index (κ3) is 1.75. The number of aromatic nitrogens is 3. The molecule has 1 heterocycles. The first-order valence-corrected chi connectivity index (χ1v) is 3.48. The highest BCUT2D eigenvalue weighted by molar-refractivity contribution is 4.97. The zero-order valence-electron chi connectivity index (χ0n) is 6.44. The summed E-state index contributed by atoms with van der Waals surface area (Å²) in [4.78, 5) is 0. The molecule has 11 heavy (non-hydrogen) atoms. The van der Waals surface area contributed by atoms with Gasteiger partial charge in [-0.3, -0.25) is 0 Å². The van der Waals surface area contributed by atoms with Crippen LogP contribution in [-0.2, 0) is 7.05 Å². The Labute approximate surface area is 64.8 Å². The number of hydrogen-bond donors (Lipinski definition) is 2. The van der Waals surface area contributed by atoms with Gasteiger partial charge in [0.05, 0.1) is 18.0 Å². The van der Waals surface area contributed by atoms with Gasteiger partial charge in [0.1, 0.15) is 0 Å². The molecule has 0 unspecified atom stereocenters. The number of nitrogens with two attached hydrogens (primary N) is 1. The molecule has 1 aromatic heterocycles. The first-order valence-electron chi connectivity index (χ1n) is 3.48. The van der Waals surface area contributed by atoms with Crippen LogP contribution in [0.5, 0.6) is 0 Å². The van der Waals surface area contributed by atoms with Crippen LogP contribution in [0.3, 0.4) is 0 Å². The Morgan fingerprint density at radius 3 is 3.00 bits per heavy atom. The van der Waals surface area contributed by atoms with Crippen molar-refractivity contribution >= 4 is 0 Å². The maximum Gasteiger partial charge on any atom is 0.0984 e. The Balaban J connectivity index is 2.67. The molecule has 0 aliphatic heterocycles. The lowest BCUT2D eigenvalue weighted by atomic mass is 10.2. The fourth-order valence-corrected chi connectivity index (χ4v) is 0.905. The topological polar surface area (TPSA) is 77.0 Å². The molecule has 5 nitrogen and oxygen atoms in total. The summed E-state index contributed by atoms with van der Waals surface area (Å²) >= 11 is 0. The van der Waals surface area contributed by atoms with Gasteiger partial charge in [0.25, 0.3) is 0 Å². The maximum atomic E-state index is 9.41. The van der Waals surface area contributed by atoms with Gasteiger partial charge in [-0.1, -0.05) is 5.21 Å². The number of nitrogens with zero attached hydrogens (tertiary/aromatic N) is 3. The van der Waals surface area contributed by atoms with Gasteiger partial charge in [-0.25, -0.2) is 4.68 Å². The molecule has 1 rings (SSSR count). The van der Waals surface area contributed by atoms with Crippen LogP contribution < -0.4 is 5.73 Å². The summed E-state index contributed by atoms with van der Waals surface area (Å²) in [7, 11) is 1.74. The lowest BCUT2D eigenvalue weighted by molar-refractivity contribution is 0.160. The molecule has 0 saturated carbocycles. The van der Waals surface area contributed by atoms with E-state index in [0.29, 0.717) is 18.7 Å². The van der Waals surface area contributed by atoms with Gasteiger partial charge < -0.3 is 10.8 Å². The molecule has 3 N–H and O–H groups in total. The maximum absolute atomic E-state index is 9.41. The third-order valence-corrected chi connectivity index (χ3v) is 1.53. The Bertz CT molecular complexity index is 222. The number of aryl methyl sites for hydroxylation is 1. The monoisotopic (exact) mass is 156 g/mol. The second kappa shape index (κ2) is 3.45. The average molecular weight is 156 g/mol. The first kappa shape index (κ1) is 8.16. The van der Waals surface area contributed by atoms with E-state index in [-0.39, 0.29) is 0 Å². The summed E-state index contributed by atoms with van der Waals surface area (Å²) in [6, 6.07) is 0. The highest BCUT2D eigenvalue weighted by Crippen LogP contribution is 2.12. The standard InChI is InChI=1S/C6H12N4O/c1-10-5(4-8-9-10)6(11)2-3-7/h4,6,11H,2-3,7H2,1H3/t6-/m0/s1. The second-order valence-corrected chi connectivity index (χ2v) is 2.38. The summed E-state index contributed by atoms with van der Waals surface area (Å²) in [6.45, 7) is 0.465. The van der Waals surface area contributed by atoms with E-state index >= 15 is 0 Å². The lowest BCUT2D eigenvalue weighted by Crippen LogP contribution is -2.10. The van der Waals surface area contributed by atoms with Crippen molar-refractivity contribution in [1.29, 1.82) is 0 Å². The van der Waals surface area contributed by atoms with Gasteiger partial charge in [0, 0.05) is 7.05 Å². The molecule has 0 aromatic carbocycles. The minimum Gasteiger partial charge on any atom is -0.387 e. The summed E-state index contributed by atoms with van der Waals surface area (Å²) in [5, 5.41) is 16.7. The van der Waals surface area contributed by atoms with E-state index in [2.05, 4.69) is 10.3 Å². The smallest absolute Gasteiger partial charge is 0.0984 e. The van der Waals surface area contributed by atoms with Crippen LogP contribution in [0.4, 0.5) is 0 Å². The predicted octanol–water partition coefficient (Wildman–Crippen LogP) is -0.803. The van der Waals surface area contributed by atoms with E-state index in [4.69, 9.17) is 5.73 Å². The van der Waals surface area contributed by atoms with Crippen LogP contribution in [0.1, 0.15) is 18.2 Å². The van der Waals surface area contributed by atoms with Crippen molar-refractivity contribution < 1.29 is 5.11 Å². The third-order valence-electron chi connectivity index (χ3n) is 1.53. The molecule has 1 aromatic rings. The molecule has 5 heteroatoms. The van der Waals surface area contributed by atoms with Crippen molar-refractivity contribution in [2.24, 2.45) is 12.8 Å². The highest BCUT2D eigenvalue weighted by atomic mass is 16.3. The Morgan fingerprint density at radius 2 is 2.55 bits per heavy atom. The van der Waals surface area contributed by atoms with Gasteiger partial charge in [0.2, 0.25) is 0 Å². The van der Waals surface area contributed by atoms with Crippen molar-refractivity contribution in [3.8, 4) is 0 Å². The molecule has 62 valence electrons. The predicted molar refractivity (Wildman–Crippen MR) is 39.6 cm³/mol. The minimum absolute atomic E-state index is 0.465. The molecule has 0 saturated heterocycles. The molecule has 0 radical (unpaired) electrons. The van der Waals surface area contributed by atoms with Gasteiger partial charge in [-0.05, 0) is 13.0 Å². The molecule has 1 atom stereocenters. The van der Waals surface area contributed by atoms with Crippen LogP contribution in [0.2, 0.25) is 0 Å². The molecular weight excluding hydrogens is 144 g/mol. The zero-order valence-corrected chi connectivity index (χ0v) is 6.44. The van der Waals surface area contributed by atoms with Crippen LogP contribution in [0, 0.1) is 0 Å². The van der Waals surface area contributed by atoms with Gasteiger partial charge >= 0.3 is 0 Å². The van der Waals surface area contributed by atoms with Crippen molar-refractivity contribution in [2.75, 3.05) is 6.54 Å². The van der Waals surface area contributed by atoms with Crippen LogP contribution >= 0.6 is 0 Å². The minimum atomic E-state index is -0.542. The fraction of sp³-hybridized carbons (Fsp3) is 0.667. The molecule has 0 spiro atoms. The second-order valence-electron chi connectivity index (χ2n) is 2.38. The van der Waals surface area contributed by atoms with E-state index in [1.54, 1.807) is 17.9 Å². The van der Waals surface area contributed by atoms with Gasteiger partial charge in [-0.15, -0.1) is 5.10 Å². The van der Waals surface area contributed by atoms with E-state index in [9.17, 15) is 5.11 Å². The molecule has 0 aliphatic rings. The normalized spacial score (nSPS) is 13.4. The van der Waals surface area contributed by atoms with Crippen molar-refractivity contribution in [3.63, 3.8) is 0 Å². The average Bonchev–Trinajstić information content (AvgIpc) is 2.36. The quantitative estimate of drug-likeness (QED) is 0.600. The van der Waals surface area contributed by atoms with Crippen LogP contribution in [-0.4, -0.2) is 26.6 Å². The summed E-state index contributed by atoms with van der Waals surface area (Å²) in [5.74, 6) is 0. The van der Waals surface area contributed by atoms with E-state index < -0.39 is 6.10 Å². The summed E-state index contributed by atoms with van der Waals surface area (Å²) in [6.07, 6.45) is 1.54. The number of aliphatic hydroxyl groups excluding tert-OH is 1.